The molecule has 0 saturated carbocycles. The van der Waals surface area contributed by atoms with Crippen LogP contribution in [-0.2, 0) is 9.53 Å². The number of nitrogens with zero attached hydrogens (tertiary/aromatic N) is 1. The van der Waals surface area contributed by atoms with Gasteiger partial charge >= 0.3 is 0 Å². The van der Waals surface area contributed by atoms with Crippen LogP contribution in [0.2, 0.25) is 0 Å². The van der Waals surface area contributed by atoms with E-state index in [1.54, 1.807) is 0 Å². The second kappa shape index (κ2) is 6.08. The van der Waals surface area contributed by atoms with E-state index in [9.17, 15) is 4.79 Å². The van der Waals surface area contributed by atoms with Crippen molar-refractivity contribution in [2.75, 3.05) is 26.3 Å². The smallest absolute Gasteiger partial charge is 0.227 e. The Morgan fingerprint density at radius 1 is 1.60 bits per heavy atom. The summed E-state index contributed by atoms with van der Waals surface area (Å²) in [7, 11) is 0. The topological polar surface area (TPSA) is 55.6 Å². The third-order valence-corrected chi connectivity index (χ3v) is 3.11. The second-order valence-electron chi connectivity index (χ2n) is 4.01. The number of hydrogen-bond donors (Lipinski definition) is 1. The fourth-order valence-electron chi connectivity index (χ4n) is 1.96. The van der Waals surface area contributed by atoms with Crippen LogP contribution in [0, 0.1) is 5.92 Å². The highest BCUT2D eigenvalue weighted by Crippen LogP contribution is 2.15. The third-order valence-electron chi connectivity index (χ3n) is 3.11. The van der Waals surface area contributed by atoms with Gasteiger partial charge in [-0.15, -0.1) is 0 Å². The Morgan fingerprint density at radius 2 is 2.33 bits per heavy atom. The molecule has 2 N–H and O–H groups in total. The van der Waals surface area contributed by atoms with Crippen molar-refractivity contribution in [2.45, 2.75) is 32.7 Å². The van der Waals surface area contributed by atoms with Gasteiger partial charge in [-0.1, -0.05) is 13.8 Å². The molecule has 0 radical (unpaired) electrons. The summed E-state index contributed by atoms with van der Waals surface area (Å²) in [4.78, 5) is 14.1. The fourth-order valence-corrected chi connectivity index (χ4v) is 1.96. The molecule has 0 aromatic heterocycles. The molecule has 4 heteroatoms. The first kappa shape index (κ1) is 12.5. The summed E-state index contributed by atoms with van der Waals surface area (Å²) in [6.45, 7) is 6.59. The molecule has 0 aromatic carbocycles. The maximum absolute atomic E-state index is 12.1. The highest BCUT2D eigenvalue weighted by molar-refractivity contribution is 5.79. The van der Waals surface area contributed by atoms with Gasteiger partial charge in [0.15, 0.2) is 0 Å². The first-order valence-corrected chi connectivity index (χ1v) is 5.82. The quantitative estimate of drug-likeness (QED) is 0.746. The number of hydrogen-bond acceptors (Lipinski definition) is 3. The molecule has 0 aromatic rings. The summed E-state index contributed by atoms with van der Waals surface area (Å²) < 4.78 is 5.38. The number of nitrogens with two attached hydrogens (primary N) is 1. The van der Waals surface area contributed by atoms with Gasteiger partial charge in [-0.05, 0) is 12.8 Å². The minimum Gasteiger partial charge on any atom is -0.377 e. The monoisotopic (exact) mass is 214 g/mol. The molecule has 1 rings (SSSR count). The molecule has 1 saturated heterocycles. The van der Waals surface area contributed by atoms with Crippen LogP contribution < -0.4 is 5.73 Å². The number of morpholine rings is 1. The van der Waals surface area contributed by atoms with Crippen molar-refractivity contribution in [3.8, 4) is 0 Å². The molecular formula is C11H22N2O2. The molecule has 1 fully saturated rings. The largest absolute Gasteiger partial charge is 0.377 e. The van der Waals surface area contributed by atoms with Crippen LogP contribution in [0.3, 0.4) is 0 Å². The van der Waals surface area contributed by atoms with Crippen LogP contribution in [0.15, 0.2) is 0 Å². The molecule has 1 aliphatic rings. The number of rotatable bonds is 4. The van der Waals surface area contributed by atoms with Gasteiger partial charge in [-0.3, -0.25) is 4.79 Å². The Kier molecular flexibility index (Phi) is 5.05. The summed E-state index contributed by atoms with van der Waals surface area (Å²) >= 11 is 0. The summed E-state index contributed by atoms with van der Waals surface area (Å²) in [6, 6.07) is 0.242. The molecule has 1 amide bonds. The second-order valence-corrected chi connectivity index (χ2v) is 4.01. The molecule has 0 bridgehead atoms. The zero-order chi connectivity index (χ0) is 11.3. The average molecular weight is 214 g/mol. The van der Waals surface area contributed by atoms with E-state index in [0.717, 1.165) is 12.8 Å². The number of amides is 1. The number of carbonyl (C=O) groups is 1. The van der Waals surface area contributed by atoms with Crippen LogP contribution in [0.4, 0.5) is 0 Å². The van der Waals surface area contributed by atoms with Gasteiger partial charge in [0.1, 0.15) is 0 Å². The van der Waals surface area contributed by atoms with Gasteiger partial charge in [-0.25, -0.2) is 0 Å². The molecule has 2 unspecified atom stereocenters. The van der Waals surface area contributed by atoms with E-state index >= 15 is 0 Å². The van der Waals surface area contributed by atoms with Crippen molar-refractivity contribution in [3.05, 3.63) is 0 Å². The van der Waals surface area contributed by atoms with Crippen molar-refractivity contribution in [2.24, 2.45) is 11.7 Å². The lowest BCUT2D eigenvalue weighted by molar-refractivity contribution is -0.144. The highest BCUT2D eigenvalue weighted by Gasteiger charge is 2.29. The van der Waals surface area contributed by atoms with Gasteiger partial charge in [0, 0.05) is 13.1 Å². The van der Waals surface area contributed by atoms with Crippen molar-refractivity contribution in [1.29, 1.82) is 0 Å². The molecule has 4 nitrogen and oxygen atoms in total. The Bertz CT molecular complexity index is 205. The summed E-state index contributed by atoms with van der Waals surface area (Å²) in [5.41, 5.74) is 5.60. The Labute approximate surface area is 91.8 Å². The van der Waals surface area contributed by atoms with Crippen LogP contribution >= 0.6 is 0 Å². The first-order valence-electron chi connectivity index (χ1n) is 5.82. The van der Waals surface area contributed by atoms with E-state index in [-0.39, 0.29) is 17.9 Å². The molecule has 0 aliphatic carbocycles. The fraction of sp³-hybridized carbons (Fsp3) is 0.909. The average Bonchev–Trinajstić information content (AvgIpc) is 2.30. The van der Waals surface area contributed by atoms with E-state index in [0.29, 0.717) is 26.3 Å². The lowest BCUT2D eigenvalue weighted by Crippen LogP contribution is -2.51. The Morgan fingerprint density at radius 3 is 2.87 bits per heavy atom. The van der Waals surface area contributed by atoms with Crippen molar-refractivity contribution in [1.82, 2.24) is 4.90 Å². The first-order chi connectivity index (χ1) is 7.24. The summed E-state index contributed by atoms with van der Waals surface area (Å²) in [6.07, 6.45) is 1.77. The predicted molar refractivity (Wildman–Crippen MR) is 59.4 cm³/mol. The van der Waals surface area contributed by atoms with Gasteiger partial charge in [0.25, 0.3) is 0 Å². The molecular weight excluding hydrogens is 192 g/mol. The van der Waals surface area contributed by atoms with Crippen molar-refractivity contribution >= 4 is 5.91 Å². The number of carbonyl (C=O) groups excluding carboxylic acids is 1. The zero-order valence-corrected chi connectivity index (χ0v) is 9.74. The normalized spacial score (nSPS) is 23.9. The van der Waals surface area contributed by atoms with Gasteiger partial charge in [-0.2, -0.15) is 0 Å². The Balaban J connectivity index is 2.62. The molecule has 88 valence electrons. The lowest BCUT2D eigenvalue weighted by Gasteiger charge is -2.37. The molecule has 1 heterocycles. The predicted octanol–water partition coefficient (Wildman–Crippen LogP) is 0.609. The van der Waals surface area contributed by atoms with Crippen molar-refractivity contribution < 1.29 is 9.53 Å². The van der Waals surface area contributed by atoms with Crippen LogP contribution in [0.1, 0.15) is 26.7 Å². The number of ether oxygens (including phenoxy) is 1. The SMILES string of the molecule is CCC(CN)C(=O)N1CCOCC1CC. The van der Waals surface area contributed by atoms with Gasteiger partial charge < -0.3 is 15.4 Å². The van der Waals surface area contributed by atoms with E-state index in [1.165, 1.54) is 0 Å². The molecule has 0 spiro atoms. The Hall–Kier alpha value is -0.610. The zero-order valence-electron chi connectivity index (χ0n) is 9.74. The molecule has 15 heavy (non-hydrogen) atoms. The maximum atomic E-state index is 12.1. The minimum atomic E-state index is -0.0165. The lowest BCUT2D eigenvalue weighted by atomic mass is 10.0. The van der Waals surface area contributed by atoms with Crippen LogP contribution in [0.25, 0.3) is 0 Å². The summed E-state index contributed by atoms with van der Waals surface area (Å²) in [5.74, 6) is 0.187. The highest BCUT2D eigenvalue weighted by atomic mass is 16.5. The van der Waals surface area contributed by atoms with Gasteiger partial charge in [0.2, 0.25) is 5.91 Å². The summed E-state index contributed by atoms with van der Waals surface area (Å²) in [5, 5.41) is 0. The van der Waals surface area contributed by atoms with Crippen LogP contribution in [0.5, 0.6) is 0 Å². The third kappa shape index (κ3) is 2.92. The van der Waals surface area contributed by atoms with Crippen molar-refractivity contribution in [3.63, 3.8) is 0 Å². The van der Waals surface area contributed by atoms with E-state index in [2.05, 4.69) is 6.92 Å². The molecule has 1 aliphatic heterocycles. The minimum absolute atomic E-state index is 0.0165. The van der Waals surface area contributed by atoms with Crippen LogP contribution in [-0.4, -0.2) is 43.2 Å². The van der Waals surface area contributed by atoms with E-state index < -0.39 is 0 Å². The van der Waals surface area contributed by atoms with E-state index in [1.807, 2.05) is 11.8 Å². The molecule has 2 atom stereocenters. The van der Waals surface area contributed by atoms with E-state index in [4.69, 9.17) is 10.5 Å². The standard InChI is InChI=1S/C11H22N2O2/c1-3-9(7-12)11(14)13-5-6-15-8-10(13)4-2/h9-10H,3-8,12H2,1-2H3. The maximum Gasteiger partial charge on any atom is 0.227 e. The van der Waals surface area contributed by atoms with Gasteiger partial charge in [0.05, 0.1) is 25.2 Å².